The summed E-state index contributed by atoms with van der Waals surface area (Å²) in [5.74, 6) is -4.82. The van der Waals surface area contributed by atoms with Crippen LogP contribution in [0.2, 0.25) is 0 Å². The second kappa shape index (κ2) is 7.51. The Hall–Kier alpha value is -3.30. The number of amides is 1. The fourth-order valence-corrected chi connectivity index (χ4v) is 3.08. The zero-order valence-corrected chi connectivity index (χ0v) is 15.6. The zero-order valence-electron chi connectivity index (χ0n) is 15.6. The monoisotopic (exact) mass is 428 g/mol. The maximum atomic E-state index is 13.8. The lowest BCUT2D eigenvalue weighted by atomic mass is 10.0. The molecular formula is C20H14F6N2O2. The van der Waals surface area contributed by atoms with Gasteiger partial charge >= 0.3 is 6.18 Å². The van der Waals surface area contributed by atoms with E-state index in [1.165, 1.54) is 20.2 Å². The van der Waals surface area contributed by atoms with E-state index in [1.54, 1.807) is 0 Å². The van der Waals surface area contributed by atoms with E-state index in [0.29, 0.717) is 12.1 Å². The van der Waals surface area contributed by atoms with Gasteiger partial charge in [-0.05, 0) is 48.2 Å². The topological polar surface area (TPSA) is 53.2 Å². The molecule has 0 radical (unpaired) electrons. The number of nitrogens with zero attached hydrogens (tertiary/aromatic N) is 1. The fourth-order valence-electron chi connectivity index (χ4n) is 3.08. The number of alkyl halides is 3. The predicted molar refractivity (Wildman–Crippen MR) is 96.4 cm³/mol. The van der Waals surface area contributed by atoms with Crippen molar-refractivity contribution in [3.05, 3.63) is 81.0 Å². The first-order chi connectivity index (χ1) is 13.9. The maximum absolute atomic E-state index is 13.8. The standard InChI is InChI=1S/C20H14F6N2O2/c1-9(13-8-27-18(29)12-7-17(23)16(22)6-11(12)13)28(2)19(30)10-3-4-14(15(21)5-10)20(24,25)26/h3-9H,1-2H3,(H,27,29). The molecule has 1 aromatic heterocycles. The van der Waals surface area contributed by atoms with Gasteiger partial charge in [0.2, 0.25) is 0 Å². The molecule has 0 aliphatic rings. The molecule has 0 saturated carbocycles. The third-order valence-electron chi connectivity index (χ3n) is 4.85. The summed E-state index contributed by atoms with van der Waals surface area (Å²) in [6.07, 6.45) is -3.68. The molecule has 0 bridgehead atoms. The molecule has 4 nitrogen and oxygen atoms in total. The normalized spacial score (nSPS) is 12.8. The van der Waals surface area contributed by atoms with E-state index in [9.17, 15) is 35.9 Å². The van der Waals surface area contributed by atoms with Crippen molar-refractivity contribution < 1.29 is 31.1 Å². The first kappa shape index (κ1) is 21.4. The van der Waals surface area contributed by atoms with Gasteiger partial charge in [-0.1, -0.05) is 0 Å². The first-order valence-corrected chi connectivity index (χ1v) is 8.56. The van der Waals surface area contributed by atoms with Gasteiger partial charge < -0.3 is 9.88 Å². The number of carbonyl (C=O) groups excluding carboxylic acids is 1. The highest BCUT2D eigenvalue weighted by Gasteiger charge is 2.34. The Morgan fingerprint density at radius 1 is 1.00 bits per heavy atom. The number of carbonyl (C=O) groups is 1. The lowest BCUT2D eigenvalue weighted by molar-refractivity contribution is -0.140. The molecule has 1 N–H and O–H groups in total. The van der Waals surface area contributed by atoms with E-state index in [2.05, 4.69) is 4.98 Å². The summed E-state index contributed by atoms with van der Waals surface area (Å²) in [5.41, 5.74) is -2.25. The molecule has 3 rings (SSSR count). The second-order valence-corrected chi connectivity index (χ2v) is 6.67. The van der Waals surface area contributed by atoms with Crippen LogP contribution < -0.4 is 5.56 Å². The molecular weight excluding hydrogens is 414 g/mol. The van der Waals surface area contributed by atoms with Crippen molar-refractivity contribution in [2.45, 2.75) is 19.1 Å². The van der Waals surface area contributed by atoms with Gasteiger partial charge in [0.1, 0.15) is 5.82 Å². The molecule has 30 heavy (non-hydrogen) atoms. The zero-order chi connectivity index (χ0) is 22.4. The first-order valence-electron chi connectivity index (χ1n) is 8.56. The molecule has 3 aromatic rings. The van der Waals surface area contributed by atoms with Crippen LogP contribution in [0, 0.1) is 17.5 Å². The molecule has 1 heterocycles. The molecule has 1 unspecified atom stereocenters. The highest BCUT2D eigenvalue weighted by Crippen LogP contribution is 2.32. The number of aromatic nitrogens is 1. The molecule has 1 atom stereocenters. The van der Waals surface area contributed by atoms with Gasteiger partial charge in [-0.2, -0.15) is 13.2 Å². The predicted octanol–water partition coefficient (Wildman–Crippen LogP) is 4.80. The van der Waals surface area contributed by atoms with Gasteiger partial charge in [0.05, 0.1) is 17.0 Å². The number of hydrogen-bond acceptors (Lipinski definition) is 2. The second-order valence-electron chi connectivity index (χ2n) is 6.67. The summed E-state index contributed by atoms with van der Waals surface area (Å²) in [4.78, 5) is 28.1. The SMILES string of the molecule is CC(c1c[nH]c(=O)c2cc(F)c(F)cc12)N(C)C(=O)c1ccc(C(F)(F)F)c(F)c1. The lowest BCUT2D eigenvalue weighted by Gasteiger charge is -2.26. The average molecular weight is 428 g/mol. The highest BCUT2D eigenvalue weighted by atomic mass is 19.4. The van der Waals surface area contributed by atoms with E-state index >= 15 is 0 Å². The number of nitrogens with one attached hydrogen (secondary N) is 1. The van der Waals surface area contributed by atoms with Gasteiger partial charge in [0.25, 0.3) is 11.5 Å². The minimum absolute atomic E-state index is 0.0587. The number of pyridine rings is 1. The van der Waals surface area contributed by atoms with Crippen LogP contribution in [0.25, 0.3) is 10.8 Å². The molecule has 0 spiro atoms. The summed E-state index contributed by atoms with van der Waals surface area (Å²) in [6.45, 7) is 1.51. The summed E-state index contributed by atoms with van der Waals surface area (Å²) >= 11 is 0. The van der Waals surface area contributed by atoms with Crippen LogP contribution in [0.15, 0.2) is 41.3 Å². The summed E-state index contributed by atoms with van der Waals surface area (Å²) < 4.78 is 79.2. The molecule has 1 amide bonds. The molecule has 0 aliphatic heterocycles. The Labute approximate surface area is 165 Å². The van der Waals surface area contributed by atoms with E-state index in [1.807, 2.05) is 0 Å². The van der Waals surface area contributed by atoms with Crippen molar-refractivity contribution in [2.75, 3.05) is 7.05 Å². The number of aromatic amines is 1. The van der Waals surface area contributed by atoms with Crippen molar-refractivity contribution in [3.8, 4) is 0 Å². The van der Waals surface area contributed by atoms with E-state index in [0.717, 1.165) is 23.1 Å². The van der Waals surface area contributed by atoms with E-state index < -0.39 is 46.7 Å². The van der Waals surface area contributed by atoms with Crippen LogP contribution in [0.4, 0.5) is 26.3 Å². The van der Waals surface area contributed by atoms with Crippen LogP contribution >= 0.6 is 0 Å². The van der Waals surface area contributed by atoms with Gasteiger partial charge in [0, 0.05) is 18.8 Å². The quantitative estimate of drug-likeness (QED) is 0.610. The Morgan fingerprint density at radius 2 is 1.60 bits per heavy atom. The smallest absolute Gasteiger partial charge is 0.335 e. The van der Waals surface area contributed by atoms with Crippen molar-refractivity contribution in [3.63, 3.8) is 0 Å². The molecule has 0 aliphatic carbocycles. The van der Waals surface area contributed by atoms with E-state index in [-0.39, 0.29) is 21.9 Å². The Morgan fingerprint density at radius 3 is 2.17 bits per heavy atom. The fraction of sp³-hybridized carbons (Fsp3) is 0.200. The van der Waals surface area contributed by atoms with Crippen molar-refractivity contribution in [1.29, 1.82) is 0 Å². The largest absolute Gasteiger partial charge is 0.419 e. The number of fused-ring (bicyclic) bond motifs is 1. The van der Waals surface area contributed by atoms with E-state index in [4.69, 9.17) is 0 Å². The Bertz CT molecular complexity index is 1200. The van der Waals surface area contributed by atoms with Crippen molar-refractivity contribution in [2.24, 2.45) is 0 Å². The number of hydrogen-bond donors (Lipinski definition) is 1. The summed E-state index contributed by atoms with van der Waals surface area (Å²) in [6, 6.07) is 2.52. The third-order valence-corrected chi connectivity index (χ3v) is 4.85. The van der Waals surface area contributed by atoms with Gasteiger partial charge in [0.15, 0.2) is 11.6 Å². The summed E-state index contributed by atoms with van der Waals surface area (Å²) in [7, 11) is 1.30. The van der Waals surface area contributed by atoms with Crippen LogP contribution in [-0.4, -0.2) is 22.8 Å². The van der Waals surface area contributed by atoms with Crippen LogP contribution in [0.5, 0.6) is 0 Å². The number of H-pyrrole nitrogens is 1. The molecule has 0 saturated heterocycles. The Kier molecular flexibility index (Phi) is 5.36. The number of benzene rings is 2. The third kappa shape index (κ3) is 3.77. The minimum atomic E-state index is -4.90. The maximum Gasteiger partial charge on any atom is 0.419 e. The summed E-state index contributed by atoms with van der Waals surface area (Å²) in [5, 5.41) is -0.0805. The molecule has 2 aromatic carbocycles. The van der Waals surface area contributed by atoms with Crippen molar-refractivity contribution >= 4 is 16.7 Å². The minimum Gasteiger partial charge on any atom is -0.335 e. The Balaban J connectivity index is 2.00. The van der Waals surface area contributed by atoms with Crippen LogP contribution in [0.3, 0.4) is 0 Å². The highest BCUT2D eigenvalue weighted by molar-refractivity contribution is 5.95. The molecule has 10 heteroatoms. The van der Waals surface area contributed by atoms with Crippen molar-refractivity contribution in [1.82, 2.24) is 9.88 Å². The van der Waals surface area contributed by atoms with Gasteiger partial charge in [-0.3, -0.25) is 9.59 Å². The molecule has 0 fully saturated rings. The number of rotatable bonds is 3. The van der Waals surface area contributed by atoms with Crippen LogP contribution in [0.1, 0.15) is 34.5 Å². The van der Waals surface area contributed by atoms with Gasteiger partial charge in [-0.15, -0.1) is 0 Å². The lowest BCUT2D eigenvalue weighted by Crippen LogP contribution is -2.30. The average Bonchev–Trinajstić information content (AvgIpc) is 2.67. The van der Waals surface area contributed by atoms with Gasteiger partial charge in [-0.25, -0.2) is 13.2 Å². The van der Waals surface area contributed by atoms with Crippen LogP contribution in [-0.2, 0) is 6.18 Å². The number of halogens is 6. The molecule has 158 valence electrons.